The molecule has 0 saturated heterocycles. The molecule has 0 aliphatic heterocycles. The number of nitro groups is 1. The van der Waals surface area contributed by atoms with Crippen molar-refractivity contribution < 1.29 is 14.5 Å². The van der Waals surface area contributed by atoms with E-state index < -0.39 is 10.9 Å². The van der Waals surface area contributed by atoms with Crippen molar-refractivity contribution in [2.75, 3.05) is 12.4 Å². The fourth-order valence-electron chi connectivity index (χ4n) is 3.08. The predicted molar refractivity (Wildman–Crippen MR) is 84.4 cm³/mol. The SMILES string of the molecule is COC(=O)c1cc(C)c(NC2CCCCC2)c([N+](=O)[O-])c1C. The minimum absolute atomic E-state index is 0.0222. The van der Waals surface area contributed by atoms with E-state index in [1.54, 1.807) is 19.9 Å². The molecule has 1 aromatic carbocycles. The Bertz CT molecular complexity index is 592. The number of rotatable bonds is 4. The van der Waals surface area contributed by atoms with Crippen LogP contribution in [0.2, 0.25) is 0 Å². The van der Waals surface area contributed by atoms with Crippen LogP contribution < -0.4 is 5.32 Å². The lowest BCUT2D eigenvalue weighted by Crippen LogP contribution is -2.24. The summed E-state index contributed by atoms with van der Waals surface area (Å²) in [6.45, 7) is 3.37. The molecule has 22 heavy (non-hydrogen) atoms. The van der Waals surface area contributed by atoms with E-state index in [0.29, 0.717) is 16.8 Å². The molecule has 1 fully saturated rings. The maximum absolute atomic E-state index is 11.8. The number of methoxy groups -OCH3 is 1. The van der Waals surface area contributed by atoms with E-state index in [2.05, 4.69) is 5.32 Å². The Labute approximate surface area is 130 Å². The van der Waals surface area contributed by atoms with Crippen LogP contribution in [0.5, 0.6) is 0 Å². The number of hydrogen-bond acceptors (Lipinski definition) is 5. The Morgan fingerprint density at radius 3 is 2.50 bits per heavy atom. The summed E-state index contributed by atoms with van der Waals surface area (Å²) in [4.78, 5) is 22.9. The van der Waals surface area contributed by atoms with Gasteiger partial charge in [-0.25, -0.2) is 4.79 Å². The lowest BCUT2D eigenvalue weighted by molar-refractivity contribution is -0.384. The number of anilines is 1. The third-order valence-corrected chi connectivity index (χ3v) is 4.29. The molecule has 0 radical (unpaired) electrons. The molecule has 1 N–H and O–H groups in total. The molecular formula is C16H22N2O4. The first-order valence-corrected chi connectivity index (χ1v) is 7.59. The zero-order valence-corrected chi connectivity index (χ0v) is 13.3. The van der Waals surface area contributed by atoms with E-state index in [4.69, 9.17) is 4.74 Å². The van der Waals surface area contributed by atoms with Crippen LogP contribution in [0.1, 0.15) is 53.6 Å². The summed E-state index contributed by atoms with van der Waals surface area (Å²) in [5, 5.41) is 14.8. The van der Waals surface area contributed by atoms with Gasteiger partial charge < -0.3 is 10.1 Å². The smallest absolute Gasteiger partial charge is 0.338 e. The topological polar surface area (TPSA) is 81.5 Å². The number of nitro benzene ring substituents is 1. The fraction of sp³-hybridized carbons (Fsp3) is 0.562. The van der Waals surface area contributed by atoms with Crippen LogP contribution in [0.3, 0.4) is 0 Å². The number of benzene rings is 1. The number of esters is 1. The maximum atomic E-state index is 11.8. The van der Waals surface area contributed by atoms with Crippen molar-refractivity contribution in [2.45, 2.75) is 52.0 Å². The highest BCUT2D eigenvalue weighted by Gasteiger charge is 2.27. The maximum Gasteiger partial charge on any atom is 0.338 e. The Morgan fingerprint density at radius 2 is 1.95 bits per heavy atom. The molecule has 0 heterocycles. The molecule has 0 bridgehead atoms. The zero-order chi connectivity index (χ0) is 16.3. The van der Waals surface area contributed by atoms with Gasteiger partial charge >= 0.3 is 5.97 Å². The highest BCUT2D eigenvalue weighted by molar-refractivity contribution is 5.94. The van der Waals surface area contributed by atoms with Crippen molar-refractivity contribution >= 4 is 17.3 Å². The normalized spacial score (nSPS) is 15.4. The molecule has 6 heteroatoms. The van der Waals surface area contributed by atoms with Crippen LogP contribution in [0.15, 0.2) is 6.07 Å². The van der Waals surface area contributed by atoms with E-state index >= 15 is 0 Å². The van der Waals surface area contributed by atoms with E-state index in [1.807, 2.05) is 0 Å². The summed E-state index contributed by atoms with van der Waals surface area (Å²) in [5.74, 6) is -0.548. The molecule has 120 valence electrons. The van der Waals surface area contributed by atoms with Crippen molar-refractivity contribution in [2.24, 2.45) is 0 Å². The number of carbonyl (C=O) groups excluding carboxylic acids is 1. The van der Waals surface area contributed by atoms with Crippen LogP contribution in [0.4, 0.5) is 11.4 Å². The summed E-state index contributed by atoms with van der Waals surface area (Å²) in [6.07, 6.45) is 5.55. The molecule has 1 aromatic rings. The summed E-state index contributed by atoms with van der Waals surface area (Å²) < 4.78 is 4.71. The van der Waals surface area contributed by atoms with Crippen LogP contribution in [-0.2, 0) is 4.74 Å². The minimum atomic E-state index is -0.548. The van der Waals surface area contributed by atoms with Crippen molar-refractivity contribution in [3.8, 4) is 0 Å². The van der Waals surface area contributed by atoms with E-state index in [9.17, 15) is 14.9 Å². The van der Waals surface area contributed by atoms with Gasteiger partial charge in [0.2, 0.25) is 0 Å². The molecule has 0 amide bonds. The third-order valence-electron chi connectivity index (χ3n) is 4.29. The molecule has 0 unspecified atom stereocenters. The van der Waals surface area contributed by atoms with Gasteiger partial charge in [0, 0.05) is 11.6 Å². The third kappa shape index (κ3) is 3.21. The van der Waals surface area contributed by atoms with Gasteiger partial charge in [0.25, 0.3) is 5.69 Å². The Balaban J connectivity index is 2.46. The molecule has 1 saturated carbocycles. The molecule has 6 nitrogen and oxygen atoms in total. The molecule has 1 aliphatic carbocycles. The first kappa shape index (κ1) is 16.3. The average molecular weight is 306 g/mol. The van der Waals surface area contributed by atoms with Crippen molar-refractivity contribution in [1.82, 2.24) is 0 Å². The van der Waals surface area contributed by atoms with Gasteiger partial charge in [-0.05, 0) is 38.3 Å². The second-order valence-electron chi connectivity index (χ2n) is 5.82. The number of carbonyl (C=O) groups is 1. The van der Waals surface area contributed by atoms with Crippen LogP contribution >= 0.6 is 0 Å². The highest BCUT2D eigenvalue weighted by atomic mass is 16.6. The first-order valence-electron chi connectivity index (χ1n) is 7.59. The summed E-state index contributed by atoms with van der Waals surface area (Å²) in [7, 11) is 1.27. The first-order chi connectivity index (χ1) is 10.5. The predicted octanol–water partition coefficient (Wildman–Crippen LogP) is 3.74. The summed E-state index contributed by atoms with van der Waals surface area (Å²) in [6, 6.07) is 1.92. The quantitative estimate of drug-likeness (QED) is 0.520. The van der Waals surface area contributed by atoms with Crippen molar-refractivity contribution in [3.05, 3.63) is 32.9 Å². The molecule has 0 aromatic heterocycles. The highest BCUT2D eigenvalue weighted by Crippen LogP contribution is 2.36. The Kier molecular flexibility index (Phi) is 5.00. The number of ether oxygens (including phenoxy) is 1. The summed E-state index contributed by atoms with van der Waals surface area (Å²) in [5.41, 5.74) is 1.80. The van der Waals surface area contributed by atoms with Gasteiger partial charge in [0.1, 0.15) is 5.69 Å². The van der Waals surface area contributed by atoms with Crippen molar-refractivity contribution in [1.29, 1.82) is 0 Å². The number of nitrogens with one attached hydrogen (secondary N) is 1. The standard InChI is InChI=1S/C16H22N2O4/c1-10-9-13(16(19)22-3)11(2)15(18(20)21)14(10)17-12-7-5-4-6-8-12/h9,12,17H,4-8H2,1-3H3. The monoisotopic (exact) mass is 306 g/mol. The number of hydrogen-bond donors (Lipinski definition) is 1. The van der Waals surface area contributed by atoms with Gasteiger partial charge in [-0.3, -0.25) is 10.1 Å². The van der Waals surface area contributed by atoms with Gasteiger partial charge in [-0.1, -0.05) is 19.3 Å². The second-order valence-corrected chi connectivity index (χ2v) is 5.82. The molecule has 0 spiro atoms. The van der Waals surface area contributed by atoms with Crippen LogP contribution in [-0.4, -0.2) is 24.0 Å². The minimum Gasteiger partial charge on any atom is -0.465 e. The van der Waals surface area contributed by atoms with Gasteiger partial charge in [0.15, 0.2) is 0 Å². The van der Waals surface area contributed by atoms with E-state index in [1.165, 1.54) is 13.5 Å². The lowest BCUT2D eigenvalue weighted by Gasteiger charge is -2.25. The van der Waals surface area contributed by atoms with Gasteiger partial charge in [-0.15, -0.1) is 0 Å². The lowest BCUT2D eigenvalue weighted by atomic mass is 9.94. The Morgan fingerprint density at radius 1 is 1.32 bits per heavy atom. The van der Waals surface area contributed by atoms with Gasteiger partial charge in [-0.2, -0.15) is 0 Å². The summed E-state index contributed by atoms with van der Waals surface area (Å²) >= 11 is 0. The largest absolute Gasteiger partial charge is 0.465 e. The van der Waals surface area contributed by atoms with E-state index in [0.717, 1.165) is 25.7 Å². The molecule has 1 aliphatic rings. The Hall–Kier alpha value is -2.11. The van der Waals surface area contributed by atoms with Gasteiger partial charge in [0.05, 0.1) is 17.6 Å². The molecule has 2 rings (SSSR count). The number of aryl methyl sites for hydroxylation is 1. The molecular weight excluding hydrogens is 284 g/mol. The van der Waals surface area contributed by atoms with Crippen LogP contribution in [0.25, 0.3) is 0 Å². The molecule has 0 atom stereocenters. The zero-order valence-electron chi connectivity index (χ0n) is 13.3. The van der Waals surface area contributed by atoms with Crippen LogP contribution in [0, 0.1) is 24.0 Å². The van der Waals surface area contributed by atoms with E-state index in [-0.39, 0.29) is 17.3 Å². The second kappa shape index (κ2) is 6.77. The van der Waals surface area contributed by atoms with Crippen molar-refractivity contribution in [3.63, 3.8) is 0 Å². The average Bonchev–Trinajstić information content (AvgIpc) is 2.50. The number of nitrogens with zero attached hydrogens (tertiary/aromatic N) is 1. The fourth-order valence-corrected chi connectivity index (χ4v) is 3.08.